The fraction of sp³-hybridized carbons (Fsp3) is 0.667. The highest BCUT2D eigenvalue weighted by atomic mass is 31.2. The Kier molecular flexibility index (Phi) is 36.3. The van der Waals surface area contributed by atoms with Gasteiger partial charge in [0.25, 0.3) is 0 Å². The van der Waals surface area contributed by atoms with E-state index in [2.05, 4.69) is 92.1 Å². The maximum atomic E-state index is 12.1. The SMILES string of the molecule is CC/C=C\C/C=C\C/C=C\C/C=C\CCCCC(=O)OCC(O)COP(=O)(O)OCCNC(=O)CCCCCCC/C=C\C/C=C\CCCCCC. The van der Waals surface area contributed by atoms with Gasteiger partial charge in [-0.05, 0) is 83.5 Å². The standard InChI is InChI=1S/C42H72NO8P/c1-3-5-7-9-11-13-15-17-19-21-22-24-26-28-30-32-34-41(45)43-36-37-50-52(47,48)51-39-40(44)38-49-42(46)35-33-31-29-27-25-23-20-18-16-14-12-10-8-6-4-2/h6,8,12-15,18-21,25,27,40,44H,3-5,7,9-11,16-17,22-24,26,28-39H2,1-2H3,(H,43,45)(H,47,48)/b8-6-,14-12-,15-13-,20-18-,21-19-,27-25-. The van der Waals surface area contributed by atoms with Crippen LogP contribution in [-0.2, 0) is 27.9 Å². The van der Waals surface area contributed by atoms with E-state index in [1.165, 1.54) is 32.1 Å². The highest BCUT2D eigenvalue weighted by molar-refractivity contribution is 7.47. The first-order chi connectivity index (χ1) is 25.3. The number of rotatable bonds is 36. The first kappa shape index (κ1) is 49.5. The lowest BCUT2D eigenvalue weighted by atomic mass is 10.1. The highest BCUT2D eigenvalue weighted by Crippen LogP contribution is 2.42. The number of hydrogen-bond acceptors (Lipinski definition) is 7. The molecule has 0 aromatic carbocycles. The zero-order valence-electron chi connectivity index (χ0n) is 32.5. The minimum Gasteiger partial charge on any atom is -0.463 e. The van der Waals surface area contributed by atoms with Gasteiger partial charge < -0.3 is 20.1 Å². The summed E-state index contributed by atoms with van der Waals surface area (Å²) in [6.07, 6.45) is 45.5. The Morgan fingerprint density at radius 1 is 0.615 bits per heavy atom. The van der Waals surface area contributed by atoms with Crippen molar-refractivity contribution in [1.82, 2.24) is 5.32 Å². The summed E-state index contributed by atoms with van der Waals surface area (Å²) in [5, 5.41) is 12.6. The number of allylic oxidation sites excluding steroid dienone is 12. The van der Waals surface area contributed by atoms with Crippen molar-refractivity contribution in [3.63, 3.8) is 0 Å². The van der Waals surface area contributed by atoms with Crippen LogP contribution in [-0.4, -0.2) is 54.3 Å². The van der Waals surface area contributed by atoms with Gasteiger partial charge in [-0.3, -0.25) is 18.6 Å². The Morgan fingerprint density at radius 2 is 1.10 bits per heavy atom. The number of amides is 1. The molecule has 2 atom stereocenters. The Morgan fingerprint density at radius 3 is 1.67 bits per heavy atom. The molecule has 0 saturated carbocycles. The molecule has 0 radical (unpaired) electrons. The minimum atomic E-state index is -4.43. The van der Waals surface area contributed by atoms with Gasteiger partial charge in [0.1, 0.15) is 12.7 Å². The van der Waals surface area contributed by atoms with Gasteiger partial charge in [0.15, 0.2) is 0 Å². The molecular formula is C42H72NO8P. The molecule has 298 valence electrons. The molecule has 0 saturated heterocycles. The number of phosphoric acid groups is 1. The number of aliphatic hydroxyl groups excluding tert-OH is 1. The topological polar surface area (TPSA) is 131 Å². The number of carbonyl (C=O) groups excluding carboxylic acids is 2. The predicted octanol–water partition coefficient (Wildman–Crippen LogP) is 10.7. The maximum absolute atomic E-state index is 12.1. The van der Waals surface area contributed by atoms with Crippen LogP contribution >= 0.6 is 7.82 Å². The van der Waals surface area contributed by atoms with Gasteiger partial charge in [-0.15, -0.1) is 0 Å². The normalized spacial score (nSPS) is 14.2. The lowest BCUT2D eigenvalue weighted by Crippen LogP contribution is -2.27. The molecule has 0 fully saturated rings. The van der Waals surface area contributed by atoms with E-state index in [0.717, 1.165) is 83.5 Å². The number of aliphatic hydroxyl groups is 1. The van der Waals surface area contributed by atoms with Crippen LogP contribution in [0.4, 0.5) is 0 Å². The van der Waals surface area contributed by atoms with Crippen LogP contribution in [0.25, 0.3) is 0 Å². The van der Waals surface area contributed by atoms with Gasteiger partial charge in [-0.2, -0.15) is 0 Å². The van der Waals surface area contributed by atoms with E-state index in [9.17, 15) is 24.2 Å². The second kappa shape index (κ2) is 38.2. The average molecular weight is 750 g/mol. The quantitative estimate of drug-likeness (QED) is 0.0250. The number of phosphoric ester groups is 1. The monoisotopic (exact) mass is 749 g/mol. The molecule has 10 heteroatoms. The van der Waals surface area contributed by atoms with Crippen LogP contribution in [0.5, 0.6) is 0 Å². The van der Waals surface area contributed by atoms with Gasteiger partial charge in [0.2, 0.25) is 5.91 Å². The number of ether oxygens (including phenoxy) is 1. The van der Waals surface area contributed by atoms with Gasteiger partial charge >= 0.3 is 13.8 Å². The first-order valence-electron chi connectivity index (χ1n) is 19.9. The molecule has 9 nitrogen and oxygen atoms in total. The van der Waals surface area contributed by atoms with Crippen molar-refractivity contribution in [2.45, 2.75) is 155 Å². The summed E-state index contributed by atoms with van der Waals surface area (Å²) in [4.78, 5) is 33.8. The smallest absolute Gasteiger partial charge is 0.463 e. The Balaban J connectivity index is 3.71. The lowest BCUT2D eigenvalue weighted by Gasteiger charge is -2.15. The second-order valence-electron chi connectivity index (χ2n) is 12.9. The molecule has 2 unspecified atom stereocenters. The van der Waals surface area contributed by atoms with E-state index in [4.69, 9.17) is 13.8 Å². The molecule has 0 rings (SSSR count). The summed E-state index contributed by atoms with van der Waals surface area (Å²) in [7, 11) is -4.43. The summed E-state index contributed by atoms with van der Waals surface area (Å²) >= 11 is 0. The van der Waals surface area contributed by atoms with Gasteiger partial charge in [-0.25, -0.2) is 4.57 Å². The highest BCUT2D eigenvalue weighted by Gasteiger charge is 2.23. The number of unbranched alkanes of at least 4 members (excludes halogenated alkanes) is 11. The Hall–Kier alpha value is -2.55. The molecule has 1 amide bonds. The summed E-state index contributed by atoms with van der Waals surface area (Å²) < 4.78 is 26.8. The second-order valence-corrected chi connectivity index (χ2v) is 14.3. The molecular weight excluding hydrogens is 677 g/mol. The molecule has 0 aromatic heterocycles. The first-order valence-corrected chi connectivity index (χ1v) is 21.4. The third-order valence-electron chi connectivity index (χ3n) is 7.87. The van der Waals surface area contributed by atoms with Crippen molar-refractivity contribution < 1.29 is 37.9 Å². The van der Waals surface area contributed by atoms with Gasteiger partial charge in [0.05, 0.1) is 13.2 Å². The maximum Gasteiger partial charge on any atom is 0.472 e. The van der Waals surface area contributed by atoms with E-state index in [1.807, 2.05) is 0 Å². The fourth-order valence-corrected chi connectivity index (χ4v) is 5.63. The van der Waals surface area contributed by atoms with E-state index in [0.29, 0.717) is 12.8 Å². The van der Waals surface area contributed by atoms with Crippen LogP contribution in [0.2, 0.25) is 0 Å². The van der Waals surface area contributed by atoms with Crippen LogP contribution < -0.4 is 5.32 Å². The third kappa shape index (κ3) is 38.7. The molecule has 0 aromatic rings. The lowest BCUT2D eigenvalue weighted by molar-refractivity contribution is -0.147. The van der Waals surface area contributed by atoms with Crippen molar-refractivity contribution in [3.05, 3.63) is 72.9 Å². The minimum absolute atomic E-state index is 0.0651. The third-order valence-corrected chi connectivity index (χ3v) is 8.85. The number of hydrogen-bond donors (Lipinski definition) is 3. The molecule has 0 aliphatic rings. The van der Waals surface area contributed by atoms with Crippen molar-refractivity contribution in [1.29, 1.82) is 0 Å². The molecule has 0 aliphatic heterocycles. The van der Waals surface area contributed by atoms with Crippen LogP contribution in [0.15, 0.2) is 72.9 Å². The van der Waals surface area contributed by atoms with Gasteiger partial charge in [0, 0.05) is 19.4 Å². The molecule has 0 spiro atoms. The molecule has 0 bridgehead atoms. The Labute approximate surface area is 316 Å². The summed E-state index contributed by atoms with van der Waals surface area (Å²) in [5.74, 6) is -0.580. The molecule has 3 N–H and O–H groups in total. The number of nitrogens with one attached hydrogen (secondary N) is 1. The molecule has 0 aliphatic carbocycles. The van der Waals surface area contributed by atoms with Crippen molar-refractivity contribution in [3.8, 4) is 0 Å². The average Bonchev–Trinajstić information content (AvgIpc) is 3.13. The zero-order valence-corrected chi connectivity index (χ0v) is 33.4. The van der Waals surface area contributed by atoms with E-state index in [1.54, 1.807) is 0 Å². The van der Waals surface area contributed by atoms with Crippen molar-refractivity contribution in [2.75, 3.05) is 26.4 Å². The largest absolute Gasteiger partial charge is 0.472 e. The van der Waals surface area contributed by atoms with Crippen molar-refractivity contribution in [2.24, 2.45) is 0 Å². The van der Waals surface area contributed by atoms with E-state index < -0.39 is 26.5 Å². The van der Waals surface area contributed by atoms with Crippen LogP contribution in [0.3, 0.4) is 0 Å². The van der Waals surface area contributed by atoms with E-state index in [-0.39, 0.29) is 32.1 Å². The van der Waals surface area contributed by atoms with Crippen LogP contribution in [0, 0.1) is 0 Å². The summed E-state index contributed by atoms with van der Waals surface area (Å²) in [6, 6.07) is 0. The van der Waals surface area contributed by atoms with Crippen molar-refractivity contribution >= 4 is 19.7 Å². The van der Waals surface area contributed by atoms with Crippen LogP contribution in [0.1, 0.15) is 149 Å². The van der Waals surface area contributed by atoms with Gasteiger partial charge in [-0.1, -0.05) is 125 Å². The fourth-order valence-electron chi connectivity index (χ4n) is 4.87. The predicted molar refractivity (Wildman–Crippen MR) is 215 cm³/mol. The summed E-state index contributed by atoms with van der Waals surface area (Å²) in [6.45, 7) is 3.33. The zero-order chi connectivity index (χ0) is 38.2. The molecule has 52 heavy (non-hydrogen) atoms. The van der Waals surface area contributed by atoms with E-state index >= 15 is 0 Å². The number of esters is 1. The molecule has 0 heterocycles. The Bertz CT molecular complexity index is 1080. The summed E-state index contributed by atoms with van der Waals surface area (Å²) in [5.41, 5.74) is 0. The number of carbonyl (C=O) groups is 2.